The lowest BCUT2D eigenvalue weighted by Crippen LogP contribution is -2.39. The van der Waals surface area contributed by atoms with Crippen LogP contribution >= 0.6 is 0 Å². The minimum absolute atomic E-state index is 0.125. The van der Waals surface area contributed by atoms with Crippen LogP contribution in [0.1, 0.15) is 37.0 Å². The number of aliphatic hydroxyl groups excluding tert-OH is 1. The van der Waals surface area contributed by atoms with Crippen molar-refractivity contribution in [3.05, 3.63) is 71.0 Å². The number of hydrogen-bond donors (Lipinski definition) is 1. The van der Waals surface area contributed by atoms with Crippen LogP contribution in [0.25, 0.3) is 0 Å². The molecule has 5 nitrogen and oxygen atoms in total. The summed E-state index contributed by atoms with van der Waals surface area (Å²) < 4.78 is 58.2. The second-order valence-electron chi connectivity index (χ2n) is 8.95. The molecule has 1 aliphatic rings. The number of rotatable bonds is 11. The smallest absolute Gasteiger partial charge is 0.390 e. The molecule has 0 unspecified atom stereocenters. The number of halogens is 4. The lowest BCUT2D eigenvalue weighted by atomic mass is 10.0. The summed E-state index contributed by atoms with van der Waals surface area (Å²) >= 11 is 0. The Morgan fingerprint density at radius 1 is 1.15 bits per heavy atom. The molecule has 1 aliphatic heterocycles. The SMILES string of the molecule is CC(C)COC[C@@H](O)CN(Cc1cccc(C(F)(F)F)c1)C[C@H]1CC(c2ccc(F)cc2)=NO1. The molecule has 9 heteroatoms. The molecular weight excluding hydrogens is 452 g/mol. The molecule has 0 aromatic heterocycles. The molecule has 2 aromatic rings. The molecule has 0 saturated carbocycles. The van der Waals surface area contributed by atoms with E-state index in [4.69, 9.17) is 9.57 Å². The highest BCUT2D eigenvalue weighted by atomic mass is 19.4. The zero-order valence-electron chi connectivity index (χ0n) is 19.3. The molecule has 1 heterocycles. The van der Waals surface area contributed by atoms with Gasteiger partial charge in [0.2, 0.25) is 0 Å². The molecule has 1 N–H and O–H groups in total. The molecule has 0 saturated heterocycles. The summed E-state index contributed by atoms with van der Waals surface area (Å²) in [5.41, 5.74) is 1.17. The Morgan fingerprint density at radius 3 is 2.56 bits per heavy atom. The van der Waals surface area contributed by atoms with Gasteiger partial charge in [0.15, 0.2) is 0 Å². The largest absolute Gasteiger partial charge is 0.416 e. The van der Waals surface area contributed by atoms with E-state index in [-0.39, 0.29) is 31.6 Å². The Morgan fingerprint density at radius 2 is 1.88 bits per heavy atom. The summed E-state index contributed by atoms with van der Waals surface area (Å²) in [6, 6.07) is 11.1. The van der Waals surface area contributed by atoms with Gasteiger partial charge in [0.05, 0.1) is 24.0 Å². The summed E-state index contributed by atoms with van der Waals surface area (Å²) in [5, 5.41) is 14.6. The van der Waals surface area contributed by atoms with Crippen LogP contribution in [0.15, 0.2) is 53.7 Å². The molecule has 2 aromatic carbocycles. The van der Waals surface area contributed by atoms with E-state index >= 15 is 0 Å². The molecule has 2 atom stereocenters. The third-order valence-electron chi connectivity index (χ3n) is 5.26. The monoisotopic (exact) mass is 482 g/mol. The number of oxime groups is 1. The number of benzene rings is 2. The maximum atomic E-state index is 13.2. The van der Waals surface area contributed by atoms with Crippen LogP contribution in [0.2, 0.25) is 0 Å². The van der Waals surface area contributed by atoms with Gasteiger partial charge >= 0.3 is 6.18 Å². The lowest BCUT2D eigenvalue weighted by molar-refractivity contribution is -0.137. The lowest BCUT2D eigenvalue weighted by Gasteiger charge is -2.27. The van der Waals surface area contributed by atoms with Crippen molar-refractivity contribution < 1.29 is 32.2 Å². The quantitative estimate of drug-likeness (QED) is 0.464. The fourth-order valence-electron chi connectivity index (χ4n) is 3.73. The highest BCUT2D eigenvalue weighted by Crippen LogP contribution is 2.30. The third kappa shape index (κ3) is 8.07. The first-order valence-corrected chi connectivity index (χ1v) is 11.2. The third-order valence-corrected chi connectivity index (χ3v) is 5.26. The first-order chi connectivity index (χ1) is 16.1. The number of aliphatic hydroxyl groups is 1. The van der Waals surface area contributed by atoms with Gasteiger partial charge in [-0.3, -0.25) is 4.90 Å². The molecule has 34 heavy (non-hydrogen) atoms. The molecule has 0 aliphatic carbocycles. The Kier molecular flexibility index (Phi) is 9.04. The maximum absolute atomic E-state index is 13.2. The predicted octanol–water partition coefficient (Wildman–Crippen LogP) is 4.87. The molecule has 0 spiro atoms. The minimum atomic E-state index is -4.43. The maximum Gasteiger partial charge on any atom is 0.416 e. The zero-order chi connectivity index (χ0) is 24.7. The highest BCUT2D eigenvalue weighted by molar-refractivity contribution is 6.01. The predicted molar refractivity (Wildman–Crippen MR) is 121 cm³/mol. The van der Waals surface area contributed by atoms with Crippen LogP contribution in [0.4, 0.5) is 17.6 Å². The fraction of sp³-hybridized carbons (Fsp3) is 0.480. The summed E-state index contributed by atoms with van der Waals surface area (Å²) in [6.07, 6.45) is -5.14. The second kappa shape index (κ2) is 11.8. The van der Waals surface area contributed by atoms with Gasteiger partial charge in [-0.15, -0.1) is 0 Å². The van der Waals surface area contributed by atoms with Gasteiger partial charge in [-0.1, -0.05) is 49.3 Å². The van der Waals surface area contributed by atoms with Crippen molar-refractivity contribution >= 4 is 5.71 Å². The van der Waals surface area contributed by atoms with Crippen LogP contribution in [-0.4, -0.2) is 54.2 Å². The Labute approximate surface area is 197 Å². The second-order valence-corrected chi connectivity index (χ2v) is 8.95. The van der Waals surface area contributed by atoms with Crippen molar-refractivity contribution in [1.82, 2.24) is 4.90 Å². The number of hydrogen-bond acceptors (Lipinski definition) is 5. The van der Waals surface area contributed by atoms with E-state index in [9.17, 15) is 22.7 Å². The topological polar surface area (TPSA) is 54.3 Å². The van der Waals surface area contributed by atoms with Gasteiger partial charge in [0.1, 0.15) is 11.9 Å². The first-order valence-electron chi connectivity index (χ1n) is 11.2. The van der Waals surface area contributed by atoms with Crippen molar-refractivity contribution in [2.75, 3.05) is 26.3 Å². The van der Waals surface area contributed by atoms with Crippen LogP contribution < -0.4 is 0 Å². The summed E-state index contributed by atoms with van der Waals surface area (Å²) in [7, 11) is 0. The van der Waals surface area contributed by atoms with E-state index in [0.29, 0.717) is 36.8 Å². The fourth-order valence-corrected chi connectivity index (χ4v) is 3.73. The standard InChI is InChI=1S/C25H30F4N2O3/c1-17(2)15-33-16-22(32)13-31(12-18-4-3-5-20(10-18)25(27,28)29)14-23-11-24(30-34-23)19-6-8-21(26)9-7-19/h3-10,17,22-23,32H,11-16H2,1-2H3/t22-,23+/m0/s1. The van der Waals surface area contributed by atoms with Gasteiger partial charge in [0.25, 0.3) is 0 Å². The normalized spacial score (nSPS) is 17.2. The summed E-state index contributed by atoms with van der Waals surface area (Å²) in [5.74, 6) is -0.0249. The molecule has 186 valence electrons. The average molecular weight is 483 g/mol. The van der Waals surface area contributed by atoms with Gasteiger partial charge in [-0.05, 0) is 35.2 Å². The van der Waals surface area contributed by atoms with E-state index in [1.165, 1.54) is 18.2 Å². The van der Waals surface area contributed by atoms with Crippen molar-refractivity contribution in [1.29, 1.82) is 0 Å². The molecule has 0 bridgehead atoms. The highest BCUT2D eigenvalue weighted by Gasteiger charge is 2.31. The average Bonchev–Trinajstić information content (AvgIpc) is 3.22. The molecule has 3 rings (SSSR count). The van der Waals surface area contributed by atoms with Crippen molar-refractivity contribution in [2.24, 2.45) is 11.1 Å². The molecule has 0 radical (unpaired) electrons. The van der Waals surface area contributed by atoms with Gasteiger partial charge in [-0.25, -0.2) is 4.39 Å². The van der Waals surface area contributed by atoms with Crippen LogP contribution in [0.5, 0.6) is 0 Å². The van der Waals surface area contributed by atoms with E-state index in [2.05, 4.69) is 5.16 Å². The van der Waals surface area contributed by atoms with E-state index in [1.54, 1.807) is 18.2 Å². The van der Waals surface area contributed by atoms with Crippen LogP contribution in [-0.2, 0) is 22.3 Å². The summed E-state index contributed by atoms with van der Waals surface area (Å²) in [6.45, 7) is 5.36. The Balaban J connectivity index is 1.66. The zero-order valence-corrected chi connectivity index (χ0v) is 19.3. The van der Waals surface area contributed by atoms with Crippen molar-refractivity contribution in [3.8, 4) is 0 Å². The van der Waals surface area contributed by atoms with Crippen LogP contribution in [0.3, 0.4) is 0 Å². The number of nitrogens with zero attached hydrogens (tertiary/aromatic N) is 2. The van der Waals surface area contributed by atoms with E-state index < -0.39 is 17.8 Å². The van der Waals surface area contributed by atoms with Crippen LogP contribution in [0, 0.1) is 11.7 Å². The number of alkyl halides is 3. The van der Waals surface area contributed by atoms with Crippen molar-refractivity contribution in [3.63, 3.8) is 0 Å². The number of ether oxygens (including phenoxy) is 1. The van der Waals surface area contributed by atoms with E-state index in [0.717, 1.165) is 17.7 Å². The van der Waals surface area contributed by atoms with Crippen molar-refractivity contribution in [2.45, 2.75) is 45.2 Å². The summed E-state index contributed by atoms with van der Waals surface area (Å²) in [4.78, 5) is 7.39. The Bertz CT molecular complexity index is 948. The molecule has 0 amide bonds. The minimum Gasteiger partial charge on any atom is -0.390 e. The molecule has 0 fully saturated rings. The molecular formula is C25H30F4N2O3. The van der Waals surface area contributed by atoms with E-state index in [1.807, 2.05) is 18.7 Å². The van der Waals surface area contributed by atoms with Gasteiger partial charge in [-0.2, -0.15) is 13.2 Å². The van der Waals surface area contributed by atoms with Gasteiger partial charge in [0, 0.05) is 32.7 Å². The first kappa shape index (κ1) is 26.1. The Hall–Kier alpha value is -2.49. The van der Waals surface area contributed by atoms with Gasteiger partial charge < -0.3 is 14.7 Å².